The van der Waals surface area contributed by atoms with Crippen LogP contribution in [0, 0.1) is 17.0 Å². The van der Waals surface area contributed by atoms with E-state index >= 15 is 0 Å². The van der Waals surface area contributed by atoms with E-state index in [1.54, 1.807) is 12.1 Å². The van der Waals surface area contributed by atoms with Gasteiger partial charge in [-0.05, 0) is 42.3 Å². The first-order chi connectivity index (χ1) is 11.8. The lowest BCUT2D eigenvalue weighted by molar-refractivity contribution is -0.384. The molecule has 0 fully saturated rings. The highest BCUT2D eigenvalue weighted by molar-refractivity contribution is 6.32. The number of carbonyl (C=O) groups excluding carboxylic acids is 1. The molecule has 1 N–H and O–H groups in total. The third-order valence-corrected chi connectivity index (χ3v) is 3.94. The van der Waals surface area contributed by atoms with E-state index in [4.69, 9.17) is 21.1 Å². The maximum Gasteiger partial charge on any atom is 0.289 e. The lowest BCUT2D eigenvalue weighted by Gasteiger charge is -2.13. The number of hydrogen-bond acceptors (Lipinski definition) is 5. The Morgan fingerprint density at radius 3 is 2.44 bits per heavy atom. The summed E-state index contributed by atoms with van der Waals surface area (Å²) in [4.78, 5) is 22.6. The Morgan fingerprint density at radius 2 is 1.84 bits per heavy atom. The minimum absolute atomic E-state index is 0.0127. The summed E-state index contributed by atoms with van der Waals surface area (Å²) in [5.41, 5.74) is 1.68. The first kappa shape index (κ1) is 18.5. The number of benzene rings is 2. The molecule has 0 saturated carbocycles. The fourth-order valence-electron chi connectivity index (χ4n) is 2.32. The van der Waals surface area contributed by atoms with E-state index in [0.717, 1.165) is 11.1 Å². The molecule has 0 unspecified atom stereocenters. The maximum atomic E-state index is 12.3. The van der Waals surface area contributed by atoms with Gasteiger partial charge < -0.3 is 14.8 Å². The van der Waals surface area contributed by atoms with E-state index in [1.807, 2.05) is 6.92 Å². The molecule has 0 atom stereocenters. The Bertz CT molecular complexity index is 823. The number of nitrogens with zero attached hydrogens (tertiary/aromatic N) is 1. The van der Waals surface area contributed by atoms with Gasteiger partial charge in [0.1, 0.15) is 5.02 Å². The number of carbonyl (C=O) groups is 1. The van der Waals surface area contributed by atoms with Crippen LogP contribution in [0.15, 0.2) is 30.3 Å². The van der Waals surface area contributed by atoms with Crippen molar-refractivity contribution < 1.29 is 19.2 Å². The number of nitro benzene ring substituents is 1. The molecule has 1 amide bonds. The second-order valence-corrected chi connectivity index (χ2v) is 5.69. The Balaban J connectivity index is 2.18. The highest BCUT2D eigenvalue weighted by Gasteiger charge is 2.15. The largest absolute Gasteiger partial charge is 0.493 e. The molecule has 0 aliphatic heterocycles. The van der Waals surface area contributed by atoms with Gasteiger partial charge in [0.2, 0.25) is 5.91 Å². The molecule has 0 heterocycles. The summed E-state index contributed by atoms with van der Waals surface area (Å²) in [6.07, 6.45) is 0.0859. The van der Waals surface area contributed by atoms with Crippen LogP contribution in [0.25, 0.3) is 0 Å². The highest BCUT2D eigenvalue weighted by atomic mass is 35.5. The zero-order valence-electron chi connectivity index (χ0n) is 14.0. The Morgan fingerprint density at radius 1 is 1.20 bits per heavy atom. The second-order valence-electron chi connectivity index (χ2n) is 5.28. The number of halogens is 1. The third-order valence-electron chi connectivity index (χ3n) is 3.62. The number of aryl methyl sites for hydroxylation is 1. The van der Waals surface area contributed by atoms with Crippen molar-refractivity contribution in [1.82, 2.24) is 0 Å². The Hall–Kier alpha value is -2.80. The van der Waals surface area contributed by atoms with Crippen molar-refractivity contribution in [1.29, 1.82) is 0 Å². The second kappa shape index (κ2) is 7.85. The van der Waals surface area contributed by atoms with E-state index in [-0.39, 0.29) is 23.0 Å². The Labute approximate surface area is 149 Å². The smallest absolute Gasteiger partial charge is 0.289 e. The summed E-state index contributed by atoms with van der Waals surface area (Å²) in [5, 5.41) is 13.6. The van der Waals surface area contributed by atoms with Gasteiger partial charge in [0, 0.05) is 11.8 Å². The molecule has 132 valence electrons. The molecule has 0 spiro atoms. The number of nitrogens with one attached hydrogen (secondary N) is 1. The molecule has 0 saturated heterocycles. The standard InChI is InChI=1S/C17H17ClN2O5/c1-10-6-15(24-2)16(25-3)7-11(10)8-17(21)19-12-4-5-13(18)14(9-12)20(22)23/h4-7,9H,8H2,1-3H3,(H,19,21). The molecule has 2 rings (SSSR count). The lowest BCUT2D eigenvalue weighted by atomic mass is 10.0. The van der Waals surface area contributed by atoms with Crippen LogP contribution in [0.4, 0.5) is 11.4 Å². The zero-order valence-corrected chi connectivity index (χ0v) is 14.7. The van der Waals surface area contributed by atoms with Crippen LogP contribution >= 0.6 is 11.6 Å². The number of nitro groups is 1. The molecule has 2 aromatic carbocycles. The molecule has 0 aliphatic rings. The molecule has 0 bridgehead atoms. The van der Waals surface area contributed by atoms with Gasteiger partial charge in [0.25, 0.3) is 5.69 Å². The van der Waals surface area contributed by atoms with E-state index in [0.29, 0.717) is 17.2 Å². The summed E-state index contributed by atoms with van der Waals surface area (Å²) < 4.78 is 10.5. The molecule has 0 aromatic heterocycles. The topological polar surface area (TPSA) is 90.7 Å². The monoisotopic (exact) mass is 364 g/mol. The van der Waals surface area contributed by atoms with Gasteiger partial charge in [-0.3, -0.25) is 14.9 Å². The van der Waals surface area contributed by atoms with Gasteiger partial charge in [-0.25, -0.2) is 0 Å². The van der Waals surface area contributed by atoms with Gasteiger partial charge in [-0.1, -0.05) is 11.6 Å². The normalized spacial score (nSPS) is 10.2. The average Bonchev–Trinajstić information content (AvgIpc) is 2.57. The SMILES string of the molecule is COc1cc(C)c(CC(=O)Nc2ccc(Cl)c([N+](=O)[O-])c2)cc1OC. The van der Waals surface area contributed by atoms with E-state index in [9.17, 15) is 14.9 Å². The van der Waals surface area contributed by atoms with Crippen molar-refractivity contribution in [3.8, 4) is 11.5 Å². The fraction of sp³-hybridized carbons (Fsp3) is 0.235. The number of hydrogen-bond donors (Lipinski definition) is 1. The van der Waals surface area contributed by atoms with Crippen LogP contribution in [-0.4, -0.2) is 25.1 Å². The highest BCUT2D eigenvalue weighted by Crippen LogP contribution is 2.31. The van der Waals surface area contributed by atoms with Crippen molar-refractivity contribution >= 4 is 28.9 Å². The molecule has 0 radical (unpaired) electrons. The summed E-state index contributed by atoms with van der Waals surface area (Å²) in [7, 11) is 3.06. The molecule has 7 nitrogen and oxygen atoms in total. The minimum atomic E-state index is -0.601. The quantitative estimate of drug-likeness (QED) is 0.622. The number of amides is 1. The van der Waals surface area contributed by atoms with Crippen molar-refractivity contribution in [2.24, 2.45) is 0 Å². The van der Waals surface area contributed by atoms with E-state index in [1.165, 1.54) is 32.4 Å². The van der Waals surface area contributed by atoms with E-state index < -0.39 is 4.92 Å². The summed E-state index contributed by atoms with van der Waals surface area (Å²) in [5.74, 6) is 0.794. The third kappa shape index (κ3) is 4.39. The molecule has 2 aromatic rings. The first-order valence-electron chi connectivity index (χ1n) is 7.31. The summed E-state index contributed by atoms with van der Waals surface area (Å²) in [6, 6.07) is 7.62. The molecule has 8 heteroatoms. The number of rotatable bonds is 6. The van der Waals surface area contributed by atoms with Gasteiger partial charge in [-0.2, -0.15) is 0 Å². The van der Waals surface area contributed by atoms with Crippen molar-refractivity contribution in [3.63, 3.8) is 0 Å². The van der Waals surface area contributed by atoms with Gasteiger partial charge in [0.15, 0.2) is 11.5 Å². The zero-order chi connectivity index (χ0) is 18.6. The van der Waals surface area contributed by atoms with Crippen molar-refractivity contribution in [3.05, 3.63) is 56.6 Å². The summed E-state index contributed by atoms with van der Waals surface area (Å²) in [6.45, 7) is 1.86. The molecular formula is C17H17ClN2O5. The van der Waals surface area contributed by atoms with Crippen molar-refractivity contribution in [2.75, 3.05) is 19.5 Å². The van der Waals surface area contributed by atoms with Crippen LogP contribution in [0.5, 0.6) is 11.5 Å². The van der Waals surface area contributed by atoms with Crippen LogP contribution in [0.1, 0.15) is 11.1 Å². The average molecular weight is 365 g/mol. The van der Waals surface area contributed by atoms with Crippen LogP contribution < -0.4 is 14.8 Å². The van der Waals surface area contributed by atoms with Gasteiger partial charge in [0.05, 0.1) is 25.6 Å². The van der Waals surface area contributed by atoms with Crippen LogP contribution in [-0.2, 0) is 11.2 Å². The maximum absolute atomic E-state index is 12.3. The number of methoxy groups -OCH3 is 2. The van der Waals surface area contributed by atoms with Gasteiger partial charge in [-0.15, -0.1) is 0 Å². The van der Waals surface area contributed by atoms with Crippen molar-refractivity contribution in [2.45, 2.75) is 13.3 Å². The lowest BCUT2D eigenvalue weighted by Crippen LogP contribution is -2.15. The number of ether oxygens (including phenoxy) is 2. The fourth-order valence-corrected chi connectivity index (χ4v) is 2.51. The van der Waals surface area contributed by atoms with Crippen LogP contribution in [0.2, 0.25) is 5.02 Å². The predicted molar refractivity (Wildman–Crippen MR) is 94.7 cm³/mol. The molecule has 0 aliphatic carbocycles. The molecular weight excluding hydrogens is 348 g/mol. The van der Waals surface area contributed by atoms with Crippen LogP contribution in [0.3, 0.4) is 0 Å². The predicted octanol–water partition coefficient (Wildman–Crippen LogP) is 3.76. The summed E-state index contributed by atoms with van der Waals surface area (Å²) >= 11 is 5.76. The first-order valence-corrected chi connectivity index (χ1v) is 7.68. The number of anilines is 1. The Kier molecular flexibility index (Phi) is 5.82. The van der Waals surface area contributed by atoms with Gasteiger partial charge >= 0.3 is 0 Å². The minimum Gasteiger partial charge on any atom is -0.493 e. The van der Waals surface area contributed by atoms with E-state index in [2.05, 4.69) is 5.32 Å². The molecule has 25 heavy (non-hydrogen) atoms.